The predicted octanol–water partition coefficient (Wildman–Crippen LogP) is 0.531. The number of hydrogen-bond acceptors (Lipinski definition) is 6. The van der Waals surface area contributed by atoms with Crippen molar-refractivity contribution in [2.24, 2.45) is 0 Å². The molecule has 1 saturated heterocycles. The van der Waals surface area contributed by atoms with Crippen LogP contribution in [-0.4, -0.2) is 54.1 Å². The first-order valence-corrected chi connectivity index (χ1v) is 9.77. The van der Waals surface area contributed by atoms with Crippen LogP contribution in [0.2, 0.25) is 0 Å². The molecule has 1 saturated carbocycles. The number of rotatable bonds is 4. The summed E-state index contributed by atoms with van der Waals surface area (Å²) in [7, 11) is 0. The lowest BCUT2D eigenvalue weighted by molar-refractivity contribution is -0.133. The molecule has 3 heterocycles. The SMILES string of the molecule is O=C(CCn1cnnn1)N1CCCC2(CCc3c2nc(C2CC2)[nH]c3=O)C1. The summed E-state index contributed by atoms with van der Waals surface area (Å²) in [5.41, 5.74) is 1.67. The van der Waals surface area contributed by atoms with Crippen LogP contribution in [0.25, 0.3) is 0 Å². The summed E-state index contributed by atoms with van der Waals surface area (Å²) in [5, 5.41) is 11.0. The maximum atomic E-state index is 12.8. The molecule has 2 fully saturated rings. The van der Waals surface area contributed by atoms with Gasteiger partial charge in [-0.15, -0.1) is 5.10 Å². The highest BCUT2D eigenvalue weighted by Gasteiger charge is 2.46. The van der Waals surface area contributed by atoms with Gasteiger partial charge in [-0.25, -0.2) is 9.67 Å². The van der Waals surface area contributed by atoms with Gasteiger partial charge in [0.25, 0.3) is 5.56 Å². The monoisotopic (exact) mass is 369 g/mol. The van der Waals surface area contributed by atoms with Gasteiger partial charge in [0.05, 0.1) is 12.2 Å². The van der Waals surface area contributed by atoms with Gasteiger partial charge in [0, 0.05) is 36.4 Å². The molecule has 1 aliphatic heterocycles. The Kier molecular flexibility index (Phi) is 3.84. The van der Waals surface area contributed by atoms with Crippen molar-refractivity contribution < 1.29 is 4.79 Å². The molecule has 1 spiro atoms. The smallest absolute Gasteiger partial charge is 0.254 e. The number of carbonyl (C=O) groups excluding carboxylic acids is 1. The highest BCUT2D eigenvalue weighted by molar-refractivity contribution is 5.76. The van der Waals surface area contributed by atoms with Crippen LogP contribution in [0.5, 0.6) is 0 Å². The Morgan fingerprint density at radius 2 is 2.22 bits per heavy atom. The van der Waals surface area contributed by atoms with E-state index in [1.165, 1.54) is 6.33 Å². The Hall–Kier alpha value is -2.58. The lowest BCUT2D eigenvalue weighted by atomic mass is 9.77. The molecular weight excluding hydrogens is 346 g/mol. The molecule has 1 unspecified atom stereocenters. The lowest BCUT2D eigenvalue weighted by Crippen LogP contribution is -2.48. The van der Waals surface area contributed by atoms with Gasteiger partial charge >= 0.3 is 0 Å². The summed E-state index contributed by atoms with van der Waals surface area (Å²) < 4.78 is 1.57. The molecule has 1 N–H and O–H groups in total. The van der Waals surface area contributed by atoms with Crippen LogP contribution in [0, 0.1) is 0 Å². The van der Waals surface area contributed by atoms with Crippen molar-refractivity contribution in [1.82, 2.24) is 35.1 Å². The zero-order valence-corrected chi connectivity index (χ0v) is 15.2. The Balaban J connectivity index is 1.37. The van der Waals surface area contributed by atoms with Gasteiger partial charge in [-0.2, -0.15) is 0 Å². The first-order valence-electron chi connectivity index (χ1n) is 9.77. The van der Waals surface area contributed by atoms with E-state index in [2.05, 4.69) is 20.5 Å². The lowest BCUT2D eigenvalue weighted by Gasteiger charge is -2.40. The molecule has 1 amide bonds. The molecule has 27 heavy (non-hydrogen) atoms. The fourth-order valence-corrected chi connectivity index (χ4v) is 4.61. The van der Waals surface area contributed by atoms with Gasteiger partial charge in [0.2, 0.25) is 5.91 Å². The van der Waals surface area contributed by atoms with E-state index in [1.54, 1.807) is 4.68 Å². The molecule has 0 bridgehead atoms. The van der Waals surface area contributed by atoms with Crippen molar-refractivity contribution in [3.05, 3.63) is 33.8 Å². The van der Waals surface area contributed by atoms with Gasteiger partial charge in [0.1, 0.15) is 12.2 Å². The summed E-state index contributed by atoms with van der Waals surface area (Å²) in [4.78, 5) is 35.1. The second-order valence-corrected chi connectivity index (χ2v) is 8.07. The first kappa shape index (κ1) is 16.6. The topological polar surface area (TPSA) is 110 Å². The molecule has 3 aliphatic rings. The average molecular weight is 369 g/mol. The predicted molar refractivity (Wildman–Crippen MR) is 95.1 cm³/mol. The van der Waals surface area contributed by atoms with Gasteiger partial charge in [-0.1, -0.05) is 0 Å². The fourth-order valence-electron chi connectivity index (χ4n) is 4.61. The number of amides is 1. The summed E-state index contributed by atoms with van der Waals surface area (Å²) in [6.45, 7) is 1.91. The van der Waals surface area contributed by atoms with E-state index in [4.69, 9.17) is 4.98 Å². The molecule has 2 aromatic rings. The van der Waals surface area contributed by atoms with Crippen LogP contribution in [0.1, 0.15) is 61.5 Å². The van der Waals surface area contributed by atoms with Crippen molar-refractivity contribution >= 4 is 5.91 Å². The zero-order chi connectivity index (χ0) is 18.4. The number of tetrazole rings is 1. The van der Waals surface area contributed by atoms with Gasteiger partial charge in [-0.05, 0) is 49.0 Å². The zero-order valence-electron chi connectivity index (χ0n) is 15.2. The van der Waals surface area contributed by atoms with Crippen molar-refractivity contribution in [3.8, 4) is 0 Å². The van der Waals surface area contributed by atoms with Gasteiger partial charge in [-0.3, -0.25) is 9.59 Å². The Labute approximate surface area is 156 Å². The van der Waals surface area contributed by atoms with E-state index >= 15 is 0 Å². The van der Waals surface area contributed by atoms with Crippen LogP contribution < -0.4 is 5.56 Å². The van der Waals surface area contributed by atoms with Crippen LogP contribution in [-0.2, 0) is 23.2 Å². The van der Waals surface area contributed by atoms with E-state index in [1.807, 2.05) is 4.90 Å². The van der Waals surface area contributed by atoms with Crippen molar-refractivity contribution in [3.63, 3.8) is 0 Å². The second-order valence-electron chi connectivity index (χ2n) is 8.07. The maximum Gasteiger partial charge on any atom is 0.254 e. The number of aromatic nitrogens is 6. The molecule has 142 valence electrons. The number of aryl methyl sites for hydroxylation is 1. The van der Waals surface area contributed by atoms with Crippen LogP contribution >= 0.6 is 0 Å². The molecular formula is C18H23N7O2. The van der Waals surface area contributed by atoms with E-state index in [-0.39, 0.29) is 16.9 Å². The second kappa shape index (κ2) is 6.24. The quantitative estimate of drug-likeness (QED) is 0.842. The largest absolute Gasteiger partial charge is 0.342 e. The Bertz CT molecular complexity index is 918. The Morgan fingerprint density at radius 1 is 1.33 bits per heavy atom. The number of hydrogen-bond donors (Lipinski definition) is 1. The molecule has 0 aromatic carbocycles. The third-order valence-corrected chi connectivity index (χ3v) is 6.23. The minimum atomic E-state index is -0.157. The standard InChI is InChI=1S/C18H23N7O2/c26-14(5-9-25-11-19-22-23-25)24-8-1-6-18(10-24)7-4-13-15(18)20-16(12-2-3-12)21-17(13)27/h11-12H,1-10H2,(H,20,21,27). The van der Waals surface area contributed by atoms with E-state index in [0.717, 1.165) is 62.2 Å². The molecule has 2 aliphatic carbocycles. The number of likely N-dealkylation sites (tertiary alicyclic amines) is 1. The number of aromatic amines is 1. The van der Waals surface area contributed by atoms with Crippen LogP contribution in [0.3, 0.4) is 0 Å². The minimum absolute atomic E-state index is 0.0286. The number of carbonyl (C=O) groups is 1. The van der Waals surface area contributed by atoms with Crippen molar-refractivity contribution in [1.29, 1.82) is 0 Å². The molecule has 9 nitrogen and oxygen atoms in total. The summed E-state index contributed by atoms with van der Waals surface area (Å²) in [5.74, 6) is 1.38. The molecule has 5 rings (SSSR count). The van der Waals surface area contributed by atoms with Gasteiger partial charge in [0.15, 0.2) is 0 Å². The molecule has 2 aromatic heterocycles. The minimum Gasteiger partial charge on any atom is -0.342 e. The Morgan fingerprint density at radius 3 is 3.00 bits per heavy atom. The molecule has 1 atom stereocenters. The molecule has 9 heteroatoms. The third-order valence-electron chi connectivity index (χ3n) is 6.23. The number of nitrogens with one attached hydrogen (secondary N) is 1. The van der Waals surface area contributed by atoms with E-state index in [0.29, 0.717) is 25.4 Å². The summed E-state index contributed by atoms with van der Waals surface area (Å²) >= 11 is 0. The summed E-state index contributed by atoms with van der Waals surface area (Å²) in [6, 6.07) is 0. The molecule has 0 radical (unpaired) electrons. The number of H-pyrrole nitrogens is 1. The number of nitrogens with zero attached hydrogens (tertiary/aromatic N) is 6. The highest BCUT2D eigenvalue weighted by Crippen LogP contribution is 2.45. The number of piperidine rings is 1. The van der Waals surface area contributed by atoms with Crippen molar-refractivity contribution in [2.75, 3.05) is 13.1 Å². The average Bonchev–Trinajstić information content (AvgIpc) is 3.29. The third kappa shape index (κ3) is 2.94. The van der Waals surface area contributed by atoms with E-state index < -0.39 is 0 Å². The highest BCUT2D eigenvalue weighted by atomic mass is 16.2. The first-order chi connectivity index (χ1) is 13.1. The van der Waals surface area contributed by atoms with Crippen molar-refractivity contribution in [2.45, 2.75) is 62.8 Å². The summed E-state index contributed by atoms with van der Waals surface area (Å²) in [6.07, 6.45) is 7.73. The van der Waals surface area contributed by atoms with Gasteiger partial charge < -0.3 is 9.88 Å². The normalized spacial score (nSPS) is 24.4. The fraction of sp³-hybridized carbons (Fsp3) is 0.667. The van der Waals surface area contributed by atoms with Crippen LogP contribution in [0.4, 0.5) is 0 Å². The number of fused-ring (bicyclic) bond motifs is 2. The maximum absolute atomic E-state index is 12.8. The van der Waals surface area contributed by atoms with E-state index in [9.17, 15) is 9.59 Å². The van der Waals surface area contributed by atoms with Crippen LogP contribution in [0.15, 0.2) is 11.1 Å².